The summed E-state index contributed by atoms with van der Waals surface area (Å²) in [5.41, 5.74) is 0.473. The standard InChI is InChI=1S/C12H14BrNO4S/c1-19(16,17)11-3-2-9(8-10(11)13)12(15)14-4-6-18-7-5-14/h2-3,8H,4-7H2,1H3. The minimum Gasteiger partial charge on any atom is -0.378 e. The Bertz CT molecular complexity index is 594. The Morgan fingerprint density at radius 2 is 1.95 bits per heavy atom. The van der Waals surface area contributed by atoms with Crippen LogP contribution in [0.5, 0.6) is 0 Å². The largest absolute Gasteiger partial charge is 0.378 e. The van der Waals surface area contributed by atoms with Gasteiger partial charge in [-0.2, -0.15) is 0 Å². The summed E-state index contributed by atoms with van der Waals surface area (Å²) >= 11 is 3.20. The number of hydrogen-bond donors (Lipinski definition) is 0. The maximum absolute atomic E-state index is 12.2. The van der Waals surface area contributed by atoms with Crippen LogP contribution in [0.1, 0.15) is 10.4 Å². The first kappa shape index (κ1) is 14.5. The van der Waals surface area contributed by atoms with Crippen LogP contribution >= 0.6 is 15.9 Å². The van der Waals surface area contributed by atoms with Gasteiger partial charge in [-0.3, -0.25) is 4.79 Å². The van der Waals surface area contributed by atoms with Gasteiger partial charge in [-0.1, -0.05) is 0 Å². The molecule has 0 spiro atoms. The number of hydrogen-bond acceptors (Lipinski definition) is 4. The van der Waals surface area contributed by atoms with Gasteiger partial charge >= 0.3 is 0 Å². The zero-order valence-electron chi connectivity index (χ0n) is 10.4. The Labute approximate surface area is 120 Å². The Balaban J connectivity index is 2.27. The SMILES string of the molecule is CS(=O)(=O)c1ccc(C(=O)N2CCOCC2)cc1Br. The van der Waals surface area contributed by atoms with Gasteiger partial charge in [0.05, 0.1) is 18.1 Å². The molecule has 0 radical (unpaired) electrons. The Morgan fingerprint density at radius 1 is 1.32 bits per heavy atom. The summed E-state index contributed by atoms with van der Waals surface area (Å²) in [6, 6.07) is 4.54. The third-order valence-electron chi connectivity index (χ3n) is 2.88. The molecule has 2 rings (SSSR count). The lowest BCUT2D eigenvalue weighted by Crippen LogP contribution is -2.40. The molecule has 5 nitrogen and oxygen atoms in total. The summed E-state index contributed by atoms with van der Waals surface area (Å²) in [6.07, 6.45) is 1.14. The van der Waals surface area contributed by atoms with Crippen LogP contribution in [-0.2, 0) is 14.6 Å². The molecular formula is C12H14BrNO4S. The van der Waals surface area contributed by atoms with Gasteiger partial charge in [-0.15, -0.1) is 0 Å². The highest BCUT2D eigenvalue weighted by atomic mass is 79.9. The number of morpholine rings is 1. The maximum Gasteiger partial charge on any atom is 0.254 e. The summed E-state index contributed by atoms with van der Waals surface area (Å²) in [5, 5.41) is 0. The molecule has 104 valence electrons. The van der Waals surface area contributed by atoms with Crippen LogP contribution in [-0.4, -0.2) is 51.8 Å². The van der Waals surface area contributed by atoms with E-state index in [1.165, 1.54) is 6.07 Å². The van der Waals surface area contributed by atoms with Crippen molar-refractivity contribution in [2.45, 2.75) is 4.90 Å². The molecule has 0 unspecified atom stereocenters. The predicted octanol–water partition coefficient (Wildman–Crippen LogP) is 1.33. The lowest BCUT2D eigenvalue weighted by atomic mass is 10.2. The van der Waals surface area contributed by atoms with Gasteiger partial charge in [0, 0.05) is 29.4 Å². The molecule has 0 saturated carbocycles. The first-order valence-electron chi connectivity index (χ1n) is 5.76. The molecule has 0 aliphatic carbocycles. The minimum atomic E-state index is -3.29. The van der Waals surface area contributed by atoms with E-state index in [0.717, 1.165) is 6.26 Å². The number of carbonyl (C=O) groups is 1. The summed E-state index contributed by atoms with van der Waals surface area (Å²) in [6.45, 7) is 2.19. The first-order chi connectivity index (χ1) is 8.89. The molecule has 7 heteroatoms. The first-order valence-corrected chi connectivity index (χ1v) is 8.44. The molecule has 1 saturated heterocycles. The average molecular weight is 348 g/mol. The Kier molecular flexibility index (Phi) is 4.27. The molecule has 0 atom stereocenters. The van der Waals surface area contributed by atoms with Crippen molar-refractivity contribution in [3.8, 4) is 0 Å². The second-order valence-electron chi connectivity index (χ2n) is 4.32. The van der Waals surface area contributed by atoms with Gasteiger partial charge in [0.25, 0.3) is 5.91 Å². The molecule has 0 aromatic heterocycles. The van der Waals surface area contributed by atoms with Crippen molar-refractivity contribution in [3.63, 3.8) is 0 Å². The van der Waals surface area contributed by atoms with Crippen LogP contribution in [0.25, 0.3) is 0 Å². The van der Waals surface area contributed by atoms with E-state index in [9.17, 15) is 13.2 Å². The third-order valence-corrected chi connectivity index (χ3v) is 4.95. The van der Waals surface area contributed by atoms with Crippen LogP contribution in [0, 0.1) is 0 Å². The molecule has 0 bridgehead atoms. The number of carbonyl (C=O) groups excluding carboxylic acids is 1. The van der Waals surface area contributed by atoms with Gasteiger partial charge in [0.15, 0.2) is 9.84 Å². The van der Waals surface area contributed by atoms with Crippen molar-refractivity contribution in [2.75, 3.05) is 32.6 Å². The van der Waals surface area contributed by atoms with E-state index in [1.807, 2.05) is 0 Å². The molecule has 1 amide bonds. The molecule has 1 aliphatic rings. The number of benzene rings is 1. The maximum atomic E-state index is 12.2. The fraction of sp³-hybridized carbons (Fsp3) is 0.417. The molecule has 1 aromatic carbocycles. The smallest absolute Gasteiger partial charge is 0.254 e. The predicted molar refractivity (Wildman–Crippen MR) is 74.0 cm³/mol. The van der Waals surface area contributed by atoms with Crippen molar-refractivity contribution in [1.29, 1.82) is 0 Å². The highest BCUT2D eigenvalue weighted by molar-refractivity contribution is 9.10. The molecule has 19 heavy (non-hydrogen) atoms. The second-order valence-corrected chi connectivity index (χ2v) is 7.16. The molecule has 0 N–H and O–H groups in total. The Hall–Kier alpha value is -0.920. The van der Waals surface area contributed by atoms with E-state index >= 15 is 0 Å². The van der Waals surface area contributed by atoms with Gasteiger partial charge in [-0.05, 0) is 34.1 Å². The van der Waals surface area contributed by atoms with E-state index in [0.29, 0.717) is 36.3 Å². The fourth-order valence-electron chi connectivity index (χ4n) is 1.88. The van der Waals surface area contributed by atoms with E-state index in [-0.39, 0.29) is 10.8 Å². The van der Waals surface area contributed by atoms with E-state index in [2.05, 4.69) is 15.9 Å². The lowest BCUT2D eigenvalue weighted by Gasteiger charge is -2.27. The van der Waals surface area contributed by atoms with Gasteiger partial charge in [0.2, 0.25) is 0 Å². The summed E-state index contributed by atoms with van der Waals surface area (Å²) in [7, 11) is -3.29. The Morgan fingerprint density at radius 3 is 2.47 bits per heavy atom. The number of rotatable bonds is 2. The highest BCUT2D eigenvalue weighted by Gasteiger charge is 2.20. The number of ether oxygens (including phenoxy) is 1. The molecular weight excluding hydrogens is 334 g/mol. The molecule has 1 aliphatic heterocycles. The van der Waals surface area contributed by atoms with Crippen LogP contribution in [0.4, 0.5) is 0 Å². The van der Waals surface area contributed by atoms with Crippen LogP contribution in [0.2, 0.25) is 0 Å². The topological polar surface area (TPSA) is 63.7 Å². The summed E-state index contributed by atoms with van der Waals surface area (Å²) in [5.74, 6) is -0.107. The van der Waals surface area contributed by atoms with Crippen molar-refractivity contribution < 1.29 is 17.9 Å². The highest BCUT2D eigenvalue weighted by Crippen LogP contribution is 2.24. The van der Waals surface area contributed by atoms with Crippen molar-refractivity contribution in [1.82, 2.24) is 4.90 Å². The number of nitrogens with zero attached hydrogens (tertiary/aromatic N) is 1. The fourth-order valence-corrected chi connectivity index (χ4v) is 3.87. The normalized spacial score (nSPS) is 16.4. The summed E-state index contributed by atoms with van der Waals surface area (Å²) in [4.78, 5) is 14.1. The van der Waals surface area contributed by atoms with Gasteiger partial charge in [0.1, 0.15) is 0 Å². The van der Waals surface area contributed by atoms with Gasteiger partial charge in [-0.25, -0.2) is 8.42 Å². The third kappa shape index (κ3) is 3.34. The monoisotopic (exact) mass is 347 g/mol. The van der Waals surface area contributed by atoms with Crippen LogP contribution in [0.3, 0.4) is 0 Å². The molecule has 1 aromatic rings. The van der Waals surface area contributed by atoms with E-state index in [4.69, 9.17) is 4.74 Å². The lowest BCUT2D eigenvalue weighted by molar-refractivity contribution is 0.0303. The molecule has 1 fully saturated rings. The van der Waals surface area contributed by atoms with Gasteiger partial charge < -0.3 is 9.64 Å². The van der Waals surface area contributed by atoms with Crippen LogP contribution in [0.15, 0.2) is 27.6 Å². The minimum absolute atomic E-state index is 0.107. The van der Waals surface area contributed by atoms with Crippen molar-refractivity contribution in [2.24, 2.45) is 0 Å². The molecule has 1 heterocycles. The van der Waals surface area contributed by atoms with Crippen LogP contribution < -0.4 is 0 Å². The number of amides is 1. The average Bonchev–Trinajstić information content (AvgIpc) is 2.37. The van der Waals surface area contributed by atoms with E-state index < -0.39 is 9.84 Å². The van der Waals surface area contributed by atoms with Crippen molar-refractivity contribution >= 4 is 31.7 Å². The number of sulfone groups is 1. The zero-order valence-corrected chi connectivity index (χ0v) is 12.8. The van der Waals surface area contributed by atoms with Crippen molar-refractivity contribution in [3.05, 3.63) is 28.2 Å². The van der Waals surface area contributed by atoms with E-state index in [1.54, 1.807) is 17.0 Å². The second kappa shape index (κ2) is 5.60. The summed E-state index contributed by atoms with van der Waals surface area (Å²) < 4.78 is 28.6. The number of halogens is 1. The zero-order chi connectivity index (χ0) is 14.0. The quantitative estimate of drug-likeness (QED) is 0.809.